The third-order valence-corrected chi connectivity index (χ3v) is 3.21. The third kappa shape index (κ3) is 2.89. The van der Waals surface area contributed by atoms with Crippen molar-refractivity contribution in [2.24, 2.45) is 0 Å². The number of hydrogen-bond donors (Lipinski definition) is 0. The molecule has 0 saturated carbocycles. The van der Waals surface area contributed by atoms with Gasteiger partial charge in [0.05, 0.1) is 0 Å². The molecule has 0 fully saturated rings. The molecule has 90 valence electrons. The Labute approximate surface area is 107 Å². The summed E-state index contributed by atoms with van der Waals surface area (Å²) in [5.41, 5.74) is 1.19. The average Bonchev–Trinajstić information content (AvgIpc) is 2.76. The highest BCUT2D eigenvalue weighted by molar-refractivity contribution is 6.31. The van der Waals surface area contributed by atoms with Crippen molar-refractivity contribution in [3.63, 3.8) is 0 Å². The molecule has 1 aromatic carbocycles. The largest absolute Gasteiger partial charge is 0.334 e. The normalized spacial score (nSPS) is 11.1. The zero-order chi connectivity index (χ0) is 12.3. The number of nitrogens with zero attached hydrogens (tertiary/aromatic N) is 2. The fourth-order valence-electron chi connectivity index (χ4n) is 1.95. The summed E-state index contributed by atoms with van der Waals surface area (Å²) in [6.45, 7) is 5.25. The topological polar surface area (TPSA) is 17.8 Å². The van der Waals surface area contributed by atoms with E-state index in [0.29, 0.717) is 5.92 Å². The zero-order valence-corrected chi connectivity index (χ0v) is 11.0. The minimum absolute atomic E-state index is 0.455. The van der Waals surface area contributed by atoms with Crippen LogP contribution in [0, 0.1) is 0 Å². The maximum atomic E-state index is 6.14. The molecule has 0 N–H and O–H groups in total. The van der Waals surface area contributed by atoms with Crippen LogP contribution in [-0.4, -0.2) is 9.55 Å². The highest BCUT2D eigenvalue weighted by Gasteiger charge is 2.07. The molecular weight excluding hydrogens is 232 g/mol. The molecule has 3 heteroatoms. The minimum Gasteiger partial charge on any atom is -0.334 e. The van der Waals surface area contributed by atoms with E-state index in [0.717, 1.165) is 23.8 Å². The van der Waals surface area contributed by atoms with E-state index < -0.39 is 0 Å². The van der Waals surface area contributed by atoms with Gasteiger partial charge in [0.2, 0.25) is 0 Å². The Kier molecular flexibility index (Phi) is 3.85. The summed E-state index contributed by atoms with van der Waals surface area (Å²) in [6, 6.07) is 8.00. The van der Waals surface area contributed by atoms with Crippen LogP contribution in [0.5, 0.6) is 0 Å². The van der Waals surface area contributed by atoms with Gasteiger partial charge >= 0.3 is 0 Å². The van der Waals surface area contributed by atoms with Crippen LogP contribution in [0.3, 0.4) is 0 Å². The number of halogens is 1. The lowest BCUT2D eigenvalue weighted by atomic mass is 10.1. The Morgan fingerprint density at radius 1 is 1.29 bits per heavy atom. The van der Waals surface area contributed by atoms with Crippen LogP contribution in [-0.2, 0) is 13.0 Å². The maximum absolute atomic E-state index is 6.14. The van der Waals surface area contributed by atoms with Crippen molar-refractivity contribution in [3.8, 4) is 0 Å². The Morgan fingerprint density at radius 3 is 2.76 bits per heavy atom. The van der Waals surface area contributed by atoms with E-state index in [4.69, 9.17) is 11.6 Å². The second-order valence-corrected chi connectivity index (χ2v) is 4.88. The first kappa shape index (κ1) is 12.2. The van der Waals surface area contributed by atoms with Gasteiger partial charge in [-0.2, -0.15) is 0 Å². The summed E-state index contributed by atoms with van der Waals surface area (Å²) >= 11 is 6.14. The van der Waals surface area contributed by atoms with Gasteiger partial charge in [-0.15, -0.1) is 0 Å². The monoisotopic (exact) mass is 248 g/mol. The van der Waals surface area contributed by atoms with Gasteiger partial charge in [0, 0.05) is 29.9 Å². The Bertz CT molecular complexity index is 488. The Hall–Kier alpha value is -1.28. The van der Waals surface area contributed by atoms with Gasteiger partial charge in [-0.25, -0.2) is 4.98 Å². The predicted molar refractivity (Wildman–Crippen MR) is 71.5 cm³/mol. The van der Waals surface area contributed by atoms with Gasteiger partial charge in [-0.3, -0.25) is 0 Å². The molecule has 0 aliphatic rings. The van der Waals surface area contributed by atoms with Crippen LogP contribution in [0.25, 0.3) is 0 Å². The van der Waals surface area contributed by atoms with Crippen molar-refractivity contribution in [3.05, 3.63) is 53.1 Å². The van der Waals surface area contributed by atoms with Crippen LogP contribution < -0.4 is 0 Å². The van der Waals surface area contributed by atoms with E-state index in [1.54, 1.807) is 0 Å². The van der Waals surface area contributed by atoms with Gasteiger partial charge in [0.1, 0.15) is 5.82 Å². The van der Waals surface area contributed by atoms with Gasteiger partial charge in [-0.1, -0.05) is 43.6 Å². The molecule has 17 heavy (non-hydrogen) atoms. The second-order valence-electron chi connectivity index (χ2n) is 4.47. The van der Waals surface area contributed by atoms with Crippen LogP contribution in [0.4, 0.5) is 0 Å². The summed E-state index contributed by atoms with van der Waals surface area (Å²) in [5, 5.41) is 0.846. The number of aromatic nitrogens is 2. The quantitative estimate of drug-likeness (QED) is 0.802. The van der Waals surface area contributed by atoms with Gasteiger partial charge in [0.15, 0.2) is 0 Å². The number of rotatable bonds is 4. The fraction of sp³-hybridized carbons (Fsp3) is 0.357. The first-order valence-corrected chi connectivity index (χ1v) is 6.30. The lowest BCUT2D eigenvalue weighted by Gasteiger charge is -2.10. The average molecular weight is 249 g/mol. The number of aryl methyl sites for hydroxylation is 2. The number of hydrogen-bond acceptors (Lipinski definition) is 1. The molecule has 2 nitrogen and oxygen atoms in total. The van der Waals surface area contributed by atoms with Gasteiger partial charge in [-0.05, 0) is 18.1 Å². The number of benzene rings is 1. The molecule has 0 saturated heterocycles. The summed E-state index contributed by atoms with van der Waals surface area (Å²) in [7, 11) is 0. The van der Waals surface area contributed by atoms with Crippen LogP contribution in [0.1, 0.15) is 31.2 Å². The van der Waals surface area contributed by atoms with Crippen LogP contribution in [0.15, 0.2) is 36.7 Å². The Morgan fingerprint density at radius 2 is 2.06 bits per heavy atom. The molecule has 0 unspecified atom stereocenters. The van der Waals surface area contributed by atoms with E-state index in [1.807, 2.05) is 30.6 Å². The molecule has 0 bridgehead atoms. The van der Waals surface area contributed by atoms with E-state index in [9.17, 15) is 0 Å². The zero-order valence-electron chi connectivity index (χ0n) is 10.2. The second kappa shape index (κ2) is 5.37. The van der Waals surface area contributed by atoms with Gasteiger partial charge < -0.3 is 4.57 Å². The first-order chi connectivity index (χ1) is 8.18. The molecule has 1 aromatic heterocycles. The highest BCUT2D eigenvalue weighted by Crippen LogP contribution is 2.17. The molecule has 2 aromatic rings. The molecule has 0 aliphatic carbocycles. The van der Waals surface area contributed by atoms with Crippen molar-refractivity contribution in [1.82, 2.24) is 9.55 Å². The van der Waals surface area contributed by atoms with Crippen molar-refractivity contribution >= 4 is 11.6 Å². The van der Waals surface area contributed by atoms with E-state index in [-0.39, 0.29) is 0 Å². The maximum Gasteiger partial charge on any atom is 0.111 e. The van der Waals surface area contributed by atoms with E-state index in [1.165, 1.54) is 5.56 Å². The molecule has 0 spiro atoms. The molecule has 0 radical (unpaired) electrons. The molecule has 0 atom stereocenters. The summed E-state index contributed by atoms with van der Waals surface area (Å²) in [6.07, 6.45) is 4.84. The minimum atomic E-state index is 0.455. The van der Waals surface area contributed by atoms with Crippen LogP contribution >= 0.6 is 11.6 Å². The summed E-state index contributed by atoms with van der Waals surface area (Å²) < 4.78 is 2.20. The molecular formula is C14H17ClN2. The molecule has 2 rings (SSSR count). The van der Waals surface area contributed by atoms with Gasteiger partial charge in [0.25, 0.3) is 0 Å². The van der Waals surface area contributed by atoms with Crippen LogP contribution in [0.2, 0.25) is 5.02 Å². The number of imidazole rings is 1. The van der Waals surface area contributed by atoms with Crippen molar-refractivity contribution in [1.29, 1.82) is 0 Å². The van der Waals surface area contributed by atoms with Crippen molar-refractivity contribution < 1.29 is 0 Å². The standard InChI is InChI=1S/C14H17ClN2/c1-11(2)14-16-8-10-17(14)9-7-12-5-3-4-6-13(12)15/h3-6,8,10-11H,7,9H2,1-2H3. The van der Waals surface area contributed by atoms with E-state index in [2.05, 4.69) is 29.5 Å². The summed E-state index contributed by atoms with van der Waals surface area (Å²) in [4.78, 5) is 4.38. The SMILES string of the molecule is CC(C)c1nccn1CCc1ccccc1Cl. The smallest absolute Gasteiger partial charge is 0.111 e. The third-order valence-electron chi connectivity index (χ3n) is 2.84. The highest BCUT2D eigenvalue weighted by atomic mass is 35.5. The first-order valence-electron chi connectivity index (χ1n) is 5.93. The molecule has 1 heterocycles. The predicted octanol–water partition coefficient (Wildman–Crippen LogP) is 3.90. The molecule has 0 amide bonds. The molecule has 0 aliphatic heterocycles. The van der Waals surface area contributed by atoms with Crippen molar-refractivity contribution in [2.75, 3.05) is 0 Å². The Balaban J connectivity index is 2.08. The lowest BCUT2D eigenvalue weighted by Crippen LogP contribution is -2.07. The van der Waals surface area contributed by atoms with E-state index >= 15 is 0 Å². The lowest BCUT2D eigenvalue weighted by molar-refractivity contribution is 0.619. The van der Waals surface area contributed by atoms with Crippen molar-refractivity contribution in [2.45, 2.75) is 32.7 Å². The fourth-order valence-corrected chi connectivity index (χ4v) is 2.18. The summed E-state index contributed by atoms with van der Waals surface area (Å²) in [5.74, 6) is 1.59.